The predicted octanol–water partition coefficient (Wildman–Crippen LogP) is 6.30. The van der Waals surface area contributed by atoms with Crippen LogP contribution in [-0.2, 0) is 6.54 Å². The number of para-hydroxylation sites is 3. The Balaban J connectivity index is 1.24. The smallest absolute Gasteiger partial charge is 0.260 e. The molecule has 0 unspecified atom stereocenters. The number of anilines is 4. The molecule has 0 saturated heterocycles. The second kappa shape index (κ2) is 9.99. The third-order valence-electron chi connectivity index (χ3n) is 6.42. The number of amides is 2. The van der Waals surface area contributed by atoms with Gasteiger partial charge in [-0.1, -0.05) is 54.6 Å². The van der Waals surface area contributed by atoms with Crippen LogP contribution in [0.5, 0.6) is 0 Å². The van der Waals surface area contributed by atoms with Gasteiger partial charge in [0.1, 0.15) is 5.82 Å². The molecular weight excluding hydrogens is 474 g/mol. The van der Waals surface area contributed by atoms with Crippen molar-refractivity contribution in [2.45, 2.75) is 6.54 Å². The summed E-state index contributed by atoms with van der Waals surface area (Å²) >= 11 is 0. The van der Waals surface area contributed by atoms with E-state index in [0.29, 0.717) is 29.2 Å². The first-order valence-electron chi connectivity index (χ1n) is 12.2. The molecule has 3 aromatic carbocycles. The Hall–Kier alpha value is -5.30. The molecule has 2 aromatic heterocycles. The number of nitrogens with zero attached hydrogens (tertiary/aromatic N) is 3. The van der Waals surface area contributed by atoms with Crippen LogP contribution < -0.4 is 15.5 Å². The van der Waals surface area contributed by atoms with E-state index in [4.69, 9.17) is 0 Å². The summed E-state index contributed by atoms with van der Waals surface area (Å²) in [6.45, 7) is 0.418. The number of benzene rings is 3. The van der Waals surface area contributed by atoms with Gasteiger partial charge in [0.2, 0.25) is 0 Å². The molecule has 5 aromatic rings. The molecule has 38 heavy (non-hydrogen) atoms. The van der Waals surface area contributed by atoms with Crippen LogP contribution in [0.4, 0.5) is 22.9 Å². The van der Waals surface area contributed by atoms with Gasteiger partial charge in [-0.15, -0.1) is 0 Å². The van der Waals surface area contributed by atoms with Gasteiger partial charge in [-0.2, -0.15) is 0 Å². The molecule has 0 spiro atoms. The molecule has 0 aliphatic carbocycles. The molecule has 2 amide bonds. The van der Waals surface area contributed by atoms with Crippen molar-refractivity contribution >= 4 is 34.7 Å². The molecular formula is C31H23N5O2. The van der Waals surface area contributed by atoms with Gasteiger partial charge in [-0.3, -0.25) is 14.6 Å². The minimum atomic E-state index is -0.304. The topological polar surface area (TPSA) is 87.2 Å². The van der Waals surface area contributed by atoms with Gasteiger partial charge in [0.25, 0.3) is 11.8 Å². The highest BCUT2D eigenvalue weighted by Gasteiger charge is 2.25. The summed E-state index contributed by atoms with van der Waals surface area (Å²) in [6, 6.07) is 31.9. The van der Waals surface area contributed by atoms with E-state index in [2.05, 4.69) is 20.6 Å². The number of carbonyl (C=O) groups is 2. The number of carbonyl (C=O) groups excluding carboxylic acids is 2. The van der Waals surface area contributed by atoms with Crippen molar-refractivity contribution in [3.63, 3.8) is 0 Å². The molecule has 6 rings (SSSR count). The predicted molar refractivity (Wildman–Crippen MR) is 149 cm³/mol. The van der Waals surface area contributed by atoms with Crippen molar-refractivity contribution in [3.8, 4) is 11.3 Å². The third kappa shape index (κ3) is 4.49. The highest BCUT2D eigenvalue weighted by Crippen LogP contribution is 2.36. The number of hydrogen-bond acceptors (Lipinski definition) is 5. The molecule has 0 atom stereocenters. The Kier molecular flexibility index (Phi) is 6.08. The van der Waals surface area contributed by atoms with Crippen LogP contribution in [0.15, 0.2) is 116 Å². The highest BCUT2D eigenvalue weighted by atomic mass is 16.2. The van der Waals surface area contributed by atoms with Gasteiger partial charge >= 0.3 is 0 Å². The maximum Gasteiger partial charge on any atom is 0.260 e. The highest BCUT2D eigenvalue weighted by molar-refractivity contribution is 6.10. The van der Waals surface area contributed by atoms with Crippen LogP contribution in [0, 0.1) is 0 Å². The fraction of sp³-hybridized carbons (Fsp3) is 0.0323. The molecule has 0 bridgehead atoms. The number of aromatic nitrogens is 2. The van der Waals surface area contributed by atoms with Crippen LogP contribution in [-0.4, -0.2) is 21.8 Å². The average molecular weight is 498 g/mol. The molecule has 1 aliphatic rings. The van der Waals surface area contributed by atoms with E-state index in [9.17, 15) is 9.59 Å². The minimum Gasteiger partial charge on any atom is -0.354 e. The normalized spacial score (nSPS) is 11.9. The van der Waals surface area contributed by atoms with Crippen LogP contribution in [0.3, 0.4) is 0 Å². The largest absolute Gasteiger partial charge is 0.354 e. The quantitative estimate of drug-likeness (QED) is 0.304. The zero-order valence-electron chi connectivity index (χ0n) is 20.3. The summed E-state index contributed by atoms with van der Waals surface area (Å²) in [5.41, 5.74) is 5.97. The van der Waals surface area contributed by atoms with Gasteiger partial charge in [0.15, 0.2) is 0 Å². The Morgan fingerprint density at radius 3 is 2.34 bits per heavy atom. The number of hydrogen-bond donors (Lipinski definition) is 2. The fourth-order valence-electron chi connectivity index (χ4n) is 4.54. The summed E-state index contributed by atoms with van der Waals surface area (Å²) < 4.78 is 0. The Morgan fingerprint density at radius 1 is 0.763 bits per heavy atom. The van der Waals surface area contributed by atoms with Crippen molar-refractivity contribution in [2.24, 2.45) is 0 Å². The second-order valence-corrected chi connectivity index (χ2v) is 8.84. The van der Waals surface area contributed by atoms with Gasteiger partial charge in [0.05, 0.1) is 29.2 Å². The number of pyridine rings is 2. The third-order valence-corrected chi connectivity index (χ3v) is 6.42. The number of rotatable bonds is 4. The van der Waals surface area contributed by atoms with Crippen molar-refractivity contribution in [3.05, 3.63) is 132 Å². The SMILES string of the molecule is O=C(Nc1ccc(C(=O)N2Cc3ccccc3Nc3ccccc32)cn1)c1ccccc1-c1ccccn1. The van der Waals surface area contributed by atoms with Crippen LogP contribution in [0.25, 0.3) is 11.3 Å². The maximum absolute atomic E-state index is 13.6. The lowest BCUT2D eigenvalue weighted by atomic mass is 10.0. The van der Waals surface area contributed by atoms with E-state index in [1.54, 1.807) is 29.3 Å². The Bertz CT molecular complexity index is 1630. The summed E-state index contributed by atoms with van der Waals surface area (Å²) in [4.78, 5) is 37.2. The molecule has 0 radical (unpaired) electrons. The van der Waals surface area contributed by atoms with Gasteiger partial charge < -0.3 is 15.5 Å². The van der Waals surface area contributed by atoms with E-state index in [0.717, 1.165) is 28.2 Å². The first-order chi connectivity index (χ1) is 18.7. The first-order valence-corrected chi connectivity index (χ1v) is 12.2. The monoisotopic (exact) mass is 497 g/mol. The van der Waals surface area contributed by atoms with Crippen LogP contribution >= 0.6 is 0 Å². The van der Waals surface area contributed by atoms with E-state index in [1.165, 1.54) is 6.20 Å². The second-order valence-electron chi connectivity index (χ2n) is 8.84. The van der Waals surface area contributed by atoms with Gasteiger partial charge in [0, 0.05) is 29.2 Å². The van der Waals surface area contributed by atoms with Crippen molar-refractivity contribution in [1.82, 2.24) is 9.97 Å². The van der Waals surface area contributed by atoms with E-state index in [1.807, 2.05) is 84.9 Å². The molecule has 184 valence electrons. The number of fused-ring (bicyclic) bond motifs is 2. The van der Waals surface area contributed by atoms with E-state index >= 15 is 0 Å². The zero-order chi connectivity index (χ0) is 25.9. The molecule has 7 nitrogen and oxygen atoms in total. The number of nitrogens with one attached hydrogen (secondary N) is 2. The zero-order valence-corrected chi connectivity index (χ0v) is 20.3. The molecule has 7 heteroatoms. The lowest BCUT2D eigenvalue weighted by Crippen LogP contribution is -2.30. The molecule has 2 N–H and O–H groups in total. The Labute approximate surface area is 219 Å². The van der Waals surface area contributed by atoms with Crippen LogP contribution in [0.2, 0.25) is 0 Å². The summed E-state index contributed by atoms with van der Waals surface area (Å²) in [7, 11) is 0. The van der Waals surface area contributed by atoms with Crippen LogP contribution in [0.1, 0.15) is 26.3 Å². The van der Waals surface area contributed by atoms with Crippen molar-refractivity contribution in [1.29, 1.82) is 0 Å². The van der Waals surface area contributed by atoms with Gasteiger partial charge in [-0.25, -0.2) is 4.98 Å². The fourth-order valence-corrected chi connectivity index (χ4v) is 4.54. The van der Waals surface area contributed by atoms with Crippen molar-refractivity contribution < 1.29 is 9.59 Å². The molecule has 0 saturated carbocycles. The van der Waals surface area contributed by atoms with E-state index in [-0.39, 0.29) is 11.8 Å². The molecule has 0 fully saturated rings. The average Bonchev–Trinajstić information content (AvgIpc) is 3.14. The minimum absolute atomic E-state index is 0.179. The standard InChI is InChI=1S/C31H23N5O2/c37-30(24-11-3-2-10-23(24)26-13-7-8-18-32-26)35-29-17-16-21(19-33-29)31(38)36-20-22-9-1-4-12-25(22)34-27-14-5-6-15-28(27)36/h1-19,34H,20H2,(H,33,35,37). The molecule has 1 aliphatic heterocycles. The first kappa shape index (κ1) is 23.1. The summed E-state index contributed by atoms with van der Waals surface area (Å²) in [5, 5.41) is 6.28. The lowest BCUT2D eigenvalue weighted by molar-refractivity contribution is 0.0984. The van der Waals surface area contributed by atoms with E-state index < -0.39 is 0 Å². The van der Waals surface area contributed by atoms with Gasteiger partial charge in [-0.05, 0) is 54.1 Å². The Morgan fingerprint density at radius 2 is 1.53 bits per heavy atom. The lowest BCUT2D eigenvalue weighted by Gasteiger charge is -2.22. The molecule has 3 heterocycles. The maximum atomic E-state index is 13.6. The summed E-state index contributed by atoms with van der Waals surface area (Å²) in [5.74, 6) is -0.130. The van der Waals surface area contributed by atoms with Crippen molar-refractivity contribution in [2.75, 3.05) is 15.5 Å². The summed E-state index contributed by atoms with van der Waals surface area (Å²) in [6.07, 6.45) is 3.19.